The molecule has 7 heteroatoms. The molecule has 2 aliphatic rings. The topological polar surface area (TPSA) is 104 Å². The molecule has 2 N–H and O–H groups in total. The highest BCUT2D eigenvalue weighted by Gasteiger charge is 2.44. The second kappa shape index (κ2) is 9.10. The Bertz CT molecular complexity index is 789. The molecule has 3 rings (SSSR count). The van der Waals surface area contributed by atoms with Crippen LogP contribution in [-0.4, -0.2) is 46.3 Å². The molecule has 1 saturated heterocycles. The van der Waals surface area contributed by atoms with E-state index in [4.69, 9.17) is 5.11 Å². The summed E-state index contributed by atoms with van der Waals surface area (Å²) in [6.07, 6.45) is 7.31. The van der Waals surface area contributed by atoms with Crippen LogP contribution < -0.4 is 5.32 Å². The van der Waals surface area contributed by atoms with Crippen LogP contribution in [0.5, 0.6) is 0 Å². The van der Waals surface area contributed by atoms with Crippen LogP contribution in [0, 0.1) is 0 Å². The molecule has 1 fully saturated rings. The summed E-state index contributed by atoms with van der Waals surface area (Å²) in [6, 6.07) is 4.36. The van der Waals surface area contributed by atoms with Crippen LogP contribution in [0.3, 0.4) is 0 Å². The van der Waals surface area contributed by atoms with Crippen LogP contribution >= 0.6 is 0 Å². The van der Waals surface area contributed by atoms with Gasteiger partial charge in [-0.25, -0.2) is 0 Å². The molecule has 1 atom stereocenters. The van der Waals surface area contributed by atoms with Crippen LogP contribution in [0.2, 0.25) is 0 Å². The summed E-state index contributed by atoms with van der Waals surface area (Å²) < 4.78 is 0. The van der Waals surface area contributed by atoms with Crippen molar-refractivity contribution in [3.63, 3.8) is 0 Å². The van der Waals surface area contributed by atoms with Crippen LogP contribution in [-0.2, 0) is 16.0 Å². The summed E-state index contributed by atoms with van der Waals surface area (Å²) in [5.41, 5.74) is 1.66. The standard InChI is InChI=1S/C21H26N2O5/c24-12-6-4-2-1-3-5-7-14-8-9-15-16(13-14)21(28)23(20(15)27)17-10-11-18(25)22-19(17)26/h8-9,13,17,24H,1-7,10-12H2,(H,22,25,26). The fourth-order valence-corrected chi connectivity index (χ4v) is 3.82. The van der Waals surface area contributed by atoms with Gasteiger partial charge in [0, 0.05) is 13.0 Å². The molecule has 1 unspecified atom stereocenters. The van der Waals surface area contributed by atoms with E-state index in [-0.39, 0.29) is 25.4 Å². The van der Waals surface area contributed by atoms with Gasteiger partial charge in [0.1, 0.15) is 6.04 Å². The van der Waals surface area contributed by atoms with Gasteiger partial charge in [-0.1, -0.05) is 31.7 Å². The van der Waals surface area contributed by atoms with Crippen molar-refractivity contribution in [3.8, 4) is 0 Å². The number of benzene rings is 1. The Morgan fingerprint density at radius 1 is 0.929 bits per heavy atom. The van der Waals surface area contributed by atoms with Crippen molar-refractivity contribution in [2.75, 3.05) is 6.61 Å². The van der Waals surface area contributed by atoms with Crippen LogP contribution in [0.4, 0.5) is 0 Å². The van der Waals surface area contributed by atoms with Crippen LogP contribution in [0.15, 0.2) is 18.2 Å². The molecule has 4 amide bonds. The van der Waals surface area contributed by atoms with Gasteiger partial charge in [0.05, 0.1) is 11.1 Å². The van der Waals surface area contributed by atoms with Crippen molar-refractivity contribution in [2.24, 2.45) is 0 Å². The lowest BCUT2D eigenvalue weighted by Gasteiger charge is -2.27. The zero-order valence-electron chi connectivity index (χ0n) is 15.9. The number of imide groups is 2. The molecule has 2 heterocycles. The monoisotopic (exact) mass is 386 g/mol. The zero-order chi connectivity index (χ0) is 20.1. The molecule has 0 aromatic heterocycles. The fraction of sp³-hybridized carbons (Fsp3) is 0.524. The molecule has 0 spiro atoms. The highest BCUT2D eigenvalue weighted by atomic mass is 16.3. The van der Waals surface area contributed by atoms with Crippen molar-refractivity contribution in [1.82, 2.24) is 10.2 Å². The first-order chi connectivity index (χ1) is 13.5. The number of hydrogen-bond acceptors (Lipinski definition) is 5. The second-order valence-corrected chi connectivity index (χ2v) is 7.42. The Hall–Kier alpha value is -2.54. The summed E-state index contributed by atoms with van der Waals surface area (Å²) in [5.74, 6) is -1.89. The number of aliphatic hydroxyl groups excluding tert-OH is 1. The molecule has 0 radical (unpaired) electrons. The van der Waals surface area contributed by atoms with E-state index >= 15 is 0 Å². The maximum absolute atomic E-state index is 12.8. The van der Waals surface area contributed by atoms with E-state index < -0.39 is 23.8 Å². The van der Waals surface area contributed by atoms with Gasteiger partial charge in [0.2, 0.25) is 11.8 Å². The number of unbranched alkanes of at least 4 members (excludes halogenated alkanes) is 5. The van der Waals surface area contributed by atoms with E-state index in [2.05, 4.69) is 5.32 Å². The molecule has 28 heavy (non-hydrogen) atoms. The number of aryl methyl sites for hydroxylation is 1. The van der Waals surface area contributed by atoms with Crippen molar-refractivity contribution in [1.29, 1.82) is 0 Å². The number of rotatable bonds is 9. The lowest BCUT2D eigenvalue weighted by molar-refractivity contribution is -0.136. The highest BCUT2D eigenvalue weighted by molar-refractivity contribution is 6.23. The van der Waals surface area contributed by atoms with Gasteiger partial charge in [-0.2, -0.15) is 0 Å². The first-order valence-corrected chi connectivity index (χ1v) is 9.98. The van der Waals surface area contributed by atoms with E-state index in [0.717, 1.165) is 55.4 Å². The number of amides is 4. The molecule has 150 valence electrons. The molecular formula is C21H26N2O5. The molecule has 0 saturated carbocycles. The van der Waals surface area contributed by atoms with Crippen LogP contribution in [0.1, 0.15) is 77.6 Å². The molecule has 0 aliphatic carbocycles. The third-order valence-electron chi connectivity index (χ3n) is 5.38. The largest absolute Gasteiger partial charge is 0.396 e. The predicted octanol–water partition coefficient (Wildman–Crippen LogP) is 1.96. The zero-order valence-corrected chi connectivity index (χ0v) is 15.9. The first kappa shape index (κ1) is 20.2. The Morgan fingerprint density at radius 3 is 2.32 bits per heavy atom. The Morgan fingerprint density at radius 2 is 1.61 bits per heavy atom. The minimum atomic E-state index is -0.924. The highest BCUT2D eigenvalue weighted by Crippen LogP contribution is 2.28. The van der Waals surface area contributed by atoms with Gasteiger partial charge < -0.3 is 5.11 Å². The molecular weight excluding hydrogens is 360 g/mol. The fourth-order valence-electron chi connectivity index (χ4n) is 3.82. The van der Waals surface area contributed by atoms with E-state index in [1.54, 1.807) is 12.1 Å². The summed E-state index contributed by atoms with van der Waals surface area (Å²) in [4.78, 5) is 49.8. The maximum Gasteiger partial charge on any atom is 0.262 e. The third-order valence-corrected chi connectivity index (χ3v) is 5.38. The van der Waals surface area contributed by atoms with Gasteiger partial charge in [-0.3, -0.25) is 29.4 Å². The summed E-state index contributed by atoms with van der Waals surface area (Å²) in [5, 5.41) is 11.0. The third kappa shape index (κ3) is 4.30. The number of carbonyl (C=O) groups excluding carboxylic acids is 4. The van der Waals surface area contributed by atoms with E-state index in [0.29, 0.717) is 11.1 Å². The number of hydrogen-bond donors (Lipinski definition) is 2. The molecule has 7 nitrogen and oxygen atoms in total. The van der Waals surface area contributed by atoms with Crippen LogP contribution in [0.25, 0.3) is 0 Å². The van der Waals surface area contributed by atoms with Gasteiger partial charge in [0.25, 0.3) is 11.8 Å². The van der Waals surface area contributed by atoms with Gasteiger partial charge >= 0.3 is 0 Å². The van der Waals surface area contributed by atoms with Gasteiger partial charge in [-0.05, 0) is 43.4 Å². The minimum absolute atomic E-state index is 0.118. The quantitative estimate of drug-likeness (QED) is 0.499. The summed E-state index contributed by atoms with van der Waals surface area (Å²) >= 11 is 0. The molecule has 0 bridgehead atoms. The molecule has 1 aromatic rings. The number of nitrogens with zero attached hydrogens (tertiary/aromatic N) is 1. The average molecular weight is 386 g/mol. The predicted molar refractivity (Wildman–Crippen MR) is 102 cm³/mol. The summed E-state index contributed by atoms with van der Waals surface area (Å²) in [6.45, 7) is 0.248. The SMILES string of the molecule is O=C1CCC(N2C(=O)c3ccc(CCCCCCCCO)cc3C2=O)C(=O)N1. The minimum Gasteiger partial charge on any atom is -0.396 e. The summed E-state index contributed by atoms with van der Waals surface area (Å²) in [7, 11) is 0. The normalized spacial score (nSPS) is 19.2. The van der Waals surface area contributed by atoms with Gasteiger partial charge in [0.15, 0.2) is 0 Å². The average Bonchev–Trinajstić information content (AvgIpc) is 2.92. The van der Waals surface area contributed by atoms with Crippen molar-refractivity contribution >= 4 is 23.6 Å². The Balaban J connectivity index is 1.60. The molecule has 2 aliphatic heterocycles. The Kier molecular flexibility index (Phi) is 6.57. The molecule has 1 aromatic carbocycles. The van der Waals surface area contributed by atoms with E-state index in [1.807, 2.05) is 6.07 Å². The smallest absolute Gasteiger partial charge is 0.262 e. The number of nitrogens with one attached hydrogen (secondary N) is 1. The number of fused-ring (bicyclic) bond motifs is 1. The lowest BCUT2D eigenvalue weighted by atomic mass is 10.0. The number of piperidine rings is 1. The number of carbonyl (C=O) groups is 4. The Labute approximate surface area is 164 Å². The number of aliphatic hydroxyl groups is 1. The lowest BCUT2D eigenvalue weighted by Crippen LogP contribution is -2.54. The second-order valence-electron chi connectivity index (χ2n) is 7.42. The van der Waals surface area contributed by atoms with E-state index in [1.165, 1.54) is 0 Å². The van der Waals surface area contributed by atoms with Crippen molar-refractivity contribution in [3.05, 3.63) is 34.9 Å². The van der Waals surface area contributed by atoms with Gasteiger partial charge in [-0.15, -0.1) is 0 Å². The first-order valence-electron chi connectivity index (χ1n) is 9.98. The maximum atomic E-state index is 12.8. The van der Waals surface area contributed by atoms with Crippen molar-refractivity contribution in [2.45, 2.75) is 63.8 Å². The van der Waals surface area contributed by atoms with Crippen molar-refractivity contribution < 1.29 is 24.3 Å². The van der Waals surface area contributed by atoms with E-state index in [9.17, 15) is 19.2 Å².